The summed E-state index contributed by atoms with van der Waals surface area (Å²) in [5.41, 5.74) is 11.3. The number of pyridine rings is 1. The Morgan fingerprint density at radius 1 is 0.935 bits per heavy atom. The van der Waals surface area contributed by atoms with Crippen LogP contribution in [0.2, 0.25) is 0 Å². The van der Waals surface area contributed by atoms with Crippen molar-refractivity contribution in [1.29, 1.82) is 0 Å². The third kappa shape index (κ3) is 3.72. The molecule has 0 unspecified atom stereocenters. The Labute approximate surface area is 181 Å². The molecule has 0 atom stereocenters. The van der Waals surface area contributed by atoms with Gasteiger partial charge in [-0.2, -0.15) is 0 Å². The van der Waals surface area contributed by atoms with Crippen LogP contribution in [0.1, 0.15) is 32.7 Å². The molecule has 0 spiro atoms. The molecule has 0 saturated heterocycles. The van der Waals surface area contributed by atoms with Crippen molar-refractivity contribution in [1.82, 2.24) is 9.55 Å². The second-order valence-electron chi connectivity index (χ2n) is 7.76. The van der Waals surface area contributed by atoms with Gasteiger partial charge in [0.25, 0.3) is 5.91 Å². The zero-order valence-corrected chi connectivity index (χ0v) is 18.4. The molecule has 4 aromatic rings. The van der Waals surface area contributed by atoms with E-state index in [9.17, 15) is 13.2 Å². The number of carbonyl (C=O) groups is 1. The van der Waals surface area contributed by atoms with Crippen LogP contribution in [0.4, 0.5) is 0 Å². The van der Waals surface area contributed by atoms with Gasteiger partial charge in [-0.1, -0.05) is 17.7 Å². The maximum absolute atomic E-state index is 13.0. The summed E-state index contributed by atoms with van der Waals surface area (Å²) in [6, 6.07) is 13.7. The van der Waals surface area contributed by atoms with E-state index in [2.05, 4.69) is 24.0 Å². The minimum atomic E-state index is -3.70. The Balaban J connectivity index is 1.86. The first-order valence-corrected chi connectivity index (χ1v) is 11.3. The van der Waals surface area contributed by atoms with E-state index < -0.39 is 15.7 Å². The average molecular weight is 434 g/mol. The fraction of sp³-hybridized carbons (Fsp3) is 0.167. The van der Waals surface area contributed by atoms with E-state index in [4.69, 9.17) is 5.73 Å². The summed E-state index contributed by atoms with van der Waals surface area (Å²) in [7, 11) is -3.70. The first-order valence-electron chi connectivity index (χ1n) is 9.83. The molecule has 0 radical (unpaired) electrons. The first kappa shape index (κ1) is 20.8. The van der Waals surface area contributed by atoms with E-state index in [1.807, 2.05) is 18.4 Å². The molecule has 0 saturated carbocycles. The average Bonchev–Trinajstić information content (AvgIpc) is 3.09. The number of nitrogens with zero attached hydrogens (tertiary/aromatic N) is 2. The number of hydrogen-bond acceptors (Lipinski definition) is 4. The van der Waals surface area contributed by atoms with Gasteiger partial charge in [0, 0.05) is 29.8 Å². The van der Waals surface area contributed by atoms with E-state index in [1.165, 1.54) is 30.1 Å². The van der Waals surface area contributed by atoms with Crippen molar-refractivity contribution in [2.24, 2.45) is 5.73 Å². The van der Waals surface area contributed by atoms with E-state index in [1.54, 1.807) is 24.3 Å². The number of nitrogens with two attached hydrogens (primary N) is 1. The van der Waals surface area contributed by atoms with Crippen molar-refractivity contribution in [3.05, 3.63) is 88.9 Å². The summed E-state index contributed by atoms with van der Waals surface area (Å²) in [4.78, 5) is 16.4. The lowest BCUT2D eigenvalue weighted by molar-refractivity contribution is 0.0992. The van der Waals surface area contributed by atoms with E-state index in [0.29, 0.717) is 17.6 Å². The van der Waals surface area contributed by atoms with Crippen LogP contribution in [-0.4, -0.2) is 23.9 Å². The number of amides is 1. The fourth-order valence-electron chi connectivity index (χ4n) is 4.06. The third-order valence-electron chi connectivity index (χ3n) is 5.55. The molecule has 4 rings (SSSR count). The second-order valence-corrected chi connectivity index (χ2v) is 9.71. The molecule has 0 aliphatic rings. The van der Waals surface area contributed by atoms with Crippen molar-refractivity contribution >= 4 is 26.6 Å². The standard InChI is InChI=1S/C24H23N3O3S/c1-15-10-16(2)21(17(3)11-15)14-27-22-5-4-20(12-18(22)13-23(27)24(25)28)31(29,30)19-6-8-26-9-7-19/h4-13H,14H2,1-3H3,(H2,25,28). The molecule has 0 fully saturated rings. The fourth-order valence-corrected chi connectivity index (χ4v) is 5.34. The van der Waals surface area contributed by atoms with Crippen molar-refractivity contribution in [3.63, 3.8) is 0 Å². The quantitative estimate of drug-likeness (QED) is 0.516. The van der Waals surface area contributed by atoms with Crippen LogP contribution in [0.3, 0.4) is 0 Å². The molecule has 0 bridgehead atoms. The Hall–Kier alpha value is -3.45. The van der Waals surface area contributed by atoms with Crippen molar-refractivity contribution in [2.45, 2.75) is 37.1 Å². The number of rotatable bonds is 5. The van der Waals surface area contributed by atoms with Gasteiger partial charge in [-0.05, 0) is 73.9 Å². The number of aryl methyl sites for hydroxylation is 3. The van der Waals surface area contributed by atoms with Crippen LogP contribution >= 0.6 is 0 Å². The molecule has 2 N–H and O–H groups in total. The Kier molecular flexibility index (Phi) is 5.15. The molecule has 2 heterocycles. The van der Waals surface area contributed by atoms with Gasteiger partial charge in [0.1, 0.15) is 5.69 Å². The normalized spacial score (nSPS) is 11.7. The van der Waals surface area contributed by atoms with Crippen LogP contribution < -0.4 is 5.73 Å². The van der Waals surface area contributed by atoms with Gasteiger partial charge in [-0.15, -0.1) is 0 Å². The van der Waals surface area contributed by atoms with Gasteiger partial charge in [0.05, 0.1) is 9.79 Å². The number of benzene rings is 2. The zero-order valence-electron chi connectivity index (χ0n) is 17.6. The predicted molar refractivity (Wildman–Crippen MR) is 120 cm³/mol. The van der Waals surface area contributed by atoms with Crippen LogP contribution in [0.25, 0.3) is 10.9 Å². The van der Waals surface area contributed by atoms with Gasteiger partial charge in [0.15, 0.2) is 0 Å². The molecular weight excluding hydrogens is 410 g/mol. The van der Waals surface area contributed by atoms with Gasteiger partial charge in [-0.3, -0.25) is 9.78 Å². The summed E-state index contributed by atoms with van der Waals surface area (Å²) in [6.07, 6.45) is 2.89. The smallest absolute Gasteiger partial charge is 0.265 e. The lowest BCUT2D eigenvalue weighted by atomic mass is 9.99. The second kappa shape index (κ2) is 7.67. The van der Waals surface area contributed by atoms with Gasteiger partial charge in [-0.25, -0.2) is 8.42 Å². The molecule has 2 aromatic carbocycles. The molecular formula is C24H23N3O3S. The molecule has 6 nitrogen and oxygen atoms in total. The van der Waals surface area contributed by atoms with E-state index in [0.717, 1.165) is 22.2 Å². The lowest BCUT2D eigenvalue weighted by Crippen LogP contribution is -2.18. The van der Waals surface area contributed by atoms with E-state index in [-0.39, 0.29) is 9.79 Å². The lowest BCUT2D eigenvalue weighted by Gasteiger charge is -2.15. The number of fused-ring (bicyclic) bond motifs is 1. The van der Waals surface area contributed by atoms with Gasteiger partial charge < -0.3 is 10.3 Å². The summed E-state index contributed by atoms with van der Waals surface area (Å²) >= 11 is 0. The monoisotopic (exact) mass is 433 g/mol. The Morgan fingerprint density at radius 2 is 1.58 bits per heavy atom. The zero-order chi connectivity index (χ0) is 22.3. The molecule has 7 heteroatoms. The van der Waals surface area contributed by atoms with Gasteiger partial charge in [0.2, 0.25) is 9.84 Å². The van der Waals surface area contributed by atoms with Crippen molar-refractivity contribution < 1.29 is 13.2 Å². The summed E-state index contributed by atoms with van der Waals surface area (Å²) in [5, 5.41) is 0.645. The van der Waals surface area contributed by atoms with Crippen LogP contribution in [0.15, 0.2) is 70.7 Å². The number of hydrogen-bond donors (Lipinski definition) is 1. The number of sulfone groups is 1. The SMILES string of the molecule is Cc1cc(C)c(Cn2c(C(N)=O)cc3cc(S(=O)(=O)c4ccncc4)ccc32)c(C)c1. The van der Waals surface area contributed by atoms with Gasteiger partial charge >= 0.3 is 0 Å². The molecule has 2 aromatic heterocycles. The Bertz CT molecular complexity index is 1400. The number of primary amides is 1. The third-order valence-corrected chi connectivity index (χ3v) is 7.32. The topological polar surface area (TPSA) is 95.0 Å². The highest BCUT2D eigenvalue weighted by Crippen LogP contribution is 2.28. The minimum Gasteiger partial charge on any atom is -0.364 e. The summed E-state index contributed by atoms with van der Waals surface area (Å²) < 4.78 is 27.8. The molecule has 31 heavy (non-hydrogen) atoms. The predicted octanol–water partition coefficient (Wildman–Crippen LogP) is 3.94. The highest BCUT2D eigenvalue weighted by molar-refractivity contribution is 7.91. The maximum atomic E-state index is 13.0. The summed E-state index contributed by atoms with van der Waals surface area (Å²) in [6.45, 7) is 6.61. The van der Waals surface area contributed by atoms with Crippen LogP contribution in [0.5, 0.6) is 0 Å². The number of carbonyl (C=O) groups excluding carboxylic acids is 1. The van der Waals surface area contributed by atoms with E-state index >= 15 is 0 Å². The summed E-state index contributed by atoms with van der Waals surface area (Å²) in [5.74, 6) is -0.558. The maximum Gasteiger partial charge on any atom is 0.265 e. The highest BCUT2D eigenvalue weighted by atomic mass is 32.2. The highest BCUT2D eigenvalue weighted by Gasteiger charge is 2.21. The molecule has 158 valence electrons. The first-order chi connectivity index (χ1) is 14.7. The Morgan fingerprint density at radius 3 is 2.19 bits per heavy atom. The molecule has 0 aliphatic heterocycles. The van der Waals surface area contributed by atoms with Crippen molar-refractivity contribution in [3.8, 4) is 0 Å². The minimum absolute atomic E-state index is 0.155. The van der Waals surface area contributed by atoms with Crippen LogP contribution in [-0.2, 0) is 16.4 Å². The number of aromatic nitrogens is 2. The molecule has 1 amide bonds. The molecule has 0 aliphatic carbocycles. The largest absolute Gasteiger partial charge is 0.364 e. The van der Waals surface area contributed by atoms with Crippen molar-refractivity contribution in [2.75, 3.05) is 0 Å². The van der Waals surface area contributed by atoms with Crippen LogP contribution in [0, 0.1) is 20.8 Å².